The van der Waals surface area contributed by atoms with Crippen LogP contribution in [0.3, 0.4) is 0 Å². The Labute approximate surface area is 427 Å². The molecular weight excluding hydrogens is 928 g/mol. The maximum Gasteiger partial charge on any atom is 0.410 e. The van der Waals surface area contributed by atoms with E-state index in [2.05, 4.69) is 22.8 Å². The van der Waals surface area contributed by atoms with Gasteiger partial charge >= 0.3 is 6.09 Å². The Morgan fingerprint density at radius 1 is 0.803 bits per heavy atom. The lowest BCUT2D eigenvalue weighted by Crippen LogP contribution is -2.56. The van der Waals surface area contributed by atoms with Crippen LogP contribution in [-0.4, -0.2) is 155 Å². The molecule has 4 N–H and O–H groups in total. The lowest BCUT2D eigenvalue weighted by molar-refractivity contribution is -0.146. The van der Waals surface area contributed by atoms with E-state index in [1.165, 1.54) is 14.2 Å². The fourth-order valence-electron chi connectivity index (χ4n) is 9.95. The van der Waals surface area contributed by atoms with Gasteiger partial charge in [0, 0.05) is 47.3 Å². The van der Waals surface area contributed by atoms with Gasteiger partial charge in [0.1, 0.15) is 6.04 Å². The topological polar surface area (TPSA) is 191 Å². The standard InChI is InChI=1S/C54H78N6O10.ClH/c1-10-36(4)48(58(6)53(64)47(55)35(2)3)45(66-7)34-46(61)59-27-18-25-44(59)50(67-8)37(5)51(62)57-43(33-38-19-12-11-13-20-38)52(63)56-26-29-69-31-32-70-30-28-60(54(65)68-9)49-41-23-16-14-21-39(41)40-22-15-17-24-42(40)49;/h11-17,19-24,35-37,43-45,47-50H,10,18,25-34,55H2,1-9H3,(H,56,63)(H,57,62);1H/t36-,37+,43-,44-,45+,47-,48-,50+;/m0./s1. The number of ether oxygens (including phenoxy) is 5. The second-order valence-electron chi connectivity index (χ2n) is 18.9. The van der Waals surface area contributed by atoms with Crippen molar-refractivity contribution < 1.29 is 47.7 Å². The number of likely N-dealkylation sites (tertiary alicyclic amines) is 1. The molecule has 1 aliphatic heterocycles. The first-order valence-electron chi connectivity index (χ1n) is 24.9. The molecule has 71 heavy (non-hydrogen) atoms. The number of carbonyl (C=O) groups excluding carboxylic acids is 5. The zero-order valence-electron chi connectivity index (χ0n) is 43.2. The average Bonchev–Trinajstić information content (AvgIpc) is 3.99. The normalized spacial score (nSPS) is 17.1. The molecule has 1 fully saturated rings. The van der Waals surface area contributed by atoms with Gasteiger partial charge in [0.15, 0.2) is 0 Å². The van der Waals surface area contributed by atoms with Gasteiger partial charge < -0.3 is 49.9 Å². The molecule has 0 spiro atoms. The Morgan fingerprint density at radius 2 is 1.41 bits per heavy atom. The van der Waals surface area contributed by atoms with Crippen LogP contribution >= 0.6 is 12.4 Å². The predicted molar refractivity (Wildman–Crippen MR) is 276 cm³/mol. The third-order valence-electron chi connectivity index (χ3n) is 14.1. The van der Waals surface area contributed by atoms with Gasteiger partial charge in [-0.2, -0.15) is 0 Å². The van der Waals surface area contributed by atoms with E-state index in [0.29, 0.717) is 19.5 Å². The van der Waals surface area contributed by atoms with Gasteiger partial charge in [-0.15, -0.1) is 12.4 Å². The zero-order chi connectivity index (χ0) is 50.9. The van der Waals surface area contributed by atoms with Crippen LogP contribution in [-0.2, 0) is 49.3 Å². The molecule has 2 aliphatic rings. The molecule has 3 aromatic rings. The van der Waals surface area contributed by atoms with Crippen LogP contribution in [0, 0.1) is 17.8 Å². The summed E-state index contributed by atoms with van der Waals surface area (Å²) in [5, 5.41) is 5.91. The number of methoxy groups -OCH3 is 3. The van der Waals surface area contributed by atoms with Crippen LogP contribution in [0.25, 0.3) is 11.1 Å². The van der Waals surface area contributed by atoms with Gasteiger partial charge in [0.2, 0.25) is 23.6 Å². The molecule has 5 amide bonds. The summed E-state index contributed by atoms with van der Waals surface area (Å²) in [6.07, 6.45) is 0.704. The van der Waals surface area contributed by atoms with E-state index in [1.807, 2.05) is 94.4 Å². The lowest BCUT2D eigenvalue weighted by atomic mass is 9.89. The number of nitrogens with zero attached hydrogens (tertiary/aromatic N) is 3. The number of hydrogen-bond acceptors (Lipinski definition) is 11. The van der Waals surface area contributed by atoms with E-state index in [4.69, 9.17) is 29.4 Å². The average molecular weight is 1010 g/mol. The smallest absolute Gasteiger partial charge is 0.410 e. The lowest BCUT2D eigenvalue weighted by Gasteiger charge is -2.40. The number of hydrogen-bond donors (Lipinski definition) is 3. The van der Waals surface area contributed by atoms with Crippen molar-refractivity contribution in [3.05, 3.63) is 95.6 Å². The molecule has 16 nitrogen and oxygen atoms in total. The highest BCUT2D eigenvalue weighted by Gasteiger charge is 2.43. The largest absolute Gasteiger partial charge is 0.453 e. The first kappa shape index (κ1) is 58.5. The van der Waals surface area contributed by atoms with Crippen molar-refractivity contribution in [3.63, 3.8) is 0 Å². The molecule has 1 saturated heterocycles. The summed E-state index contributed by atoms with van der Waals surface area (Å²) in [4.78, 5) is 73.7. The summed E-state index contributed by atoms with van der Waals surface area (Å²) in [6.45, 7) is 11.6. The number of fused-ring (bicyclic) bond motifs is 3. The molecule has 0 saturated carbocycles. The number of likely N-dealkylation sites (N-methyl/N-ethyl adjacent to an activating group) is 1. The highest BCUT2D eigenvalue weighted by atomic mass is 35.5. The molecular formula is C54H79ClN6O10. The minimum absolute atomic E-state index is 0. The zero-order valence-corrected chi connectivity index (χ0v) is 44.0. The fraction of sp³-hybridized carbons (Fsp3) is 0.574. The van der Waals surface area contributed by atoms with E-state index in [0.717, 1.165) is 40.7 Å². The van der Waals surface area contributed by atoms with Crippen molar-refractivity contribution in [1.82, 2.24) is 25.3 Å². The van der Waals surface area contributed by atoms with Crippen LogP contribution in [0.15, 0.2) is 78.9 Å². The highest BCUT2D eigenvalue weighted by molar-refractivity contribution is 5.89. The first-order valence-corrected chi connectivity index (χ1v) is 24.9. The van der Waals surface area contributed by atoms with Crippen molar-refractivity contribution in [2.75, 3.05) is 74.4 Å². The van der Waals surface area contributed by atoms with Gasteiger partial charge in [0.25, 0.3) is 0 Å². The van der Waals surface area contributed by atoms with Crippen molar-refractivity contribution in [2.45, 2.75) is 109 Å². The van der Waals surface area contributed by atoms with Crippen LogP contribution in [0.5, 0.6) is 0 Å². The van der Waals surface area contributed by atoms with Crippen molar-refractivity contribution in [1.29, 1.82) is 0 Å². The Kier molecular flexibility index (Phi) is 23.7. The first-order chi connectivity index (χ1) is 33.7. The number of carbonyl (C=O) groups is 5. The molecule has 3 aromatic carbocycles. The monoisotopic (exact) mass is 1010 g/mol. The van der Waals surface area contributed by atoms with Gasteiger partial charge in [-0.3, -0.25) is 24.1 Å². The molecule has 8 atom stereocenters. The second kappa shape index (κ2) is 28.8. The Bertz CT molecular complexity index is 2120. The van der Waals surface area contributed by atoms with E-state index in [1.54, 1.807) is 35.8 Å². The number of benzene rings is 3. The molecule has 0 unspecified atom stereocenters. The number of nitrogens with two attached hydrogens (primary N) is 1. The van der Waals surface area contributed by atoms with Gasteiger partial charge in [-0.1, -0.05) is 120 Å². The van der Waals surface area contributed by atoms with Gasteiger partial charge in [-0.05, 0) is 52.5 Å². The molecule has 17 heteroatoms. The van der Waals surface area contributed by atoms with Crippen LogP contribution in [0.2, 0.25) is 0 Å². The summed E-state index contributed by atoms with van der Waals surface area (Å²) < 4.78 is 28.8. The third kappa shape index (κ3) is 15.0. The molecule has 0 bridgehead atoms. The van der Waals surface area contributed by atoms with E-state index >= 15 is 0 Å². The minimum Gasteiger partial charge on any atom is -0.453 e. The third-order valence-corrected chi connectivity index (χ3v) is 14.1. The van der Waals surface area contributed by atoms with Gasteiger partial charge in [-0.25, -0.2) is 4.79 Å². The molecule has 392 valence electrons. The Morgan fingerprint density at radius 3 is 1.99 bits per heavy atom. The van der Waals surface area contributed by atoms with E-state index in [9.17, 15) is 24.0 Å². The summed E-state index contributed by atoms with van der Waals surface area (Å²) in [5.41, 5.74) is 11.4. The molecule has 0 radical (unpaired) electrons. The highest BCUT2D eigenvalue weighted by Crippen LogP contribution is 2.46. The maximum atomic E-state index is 14.2. The number of halogens is 1. The maximum absolute atomic E-state index is 14.2. The van der Waals surface area contributed by atoms with Crippen LogP contribution in [0.4, 0.5) is 4.79 Å². The summed E-state index contributed by atoms with van der Waals surface area (Å²) in [5.74, 6) is -1.85. The van der Waals surface area contributed by atoms with Crippen molar-refractivity contribution in [3.8, 4) is 11.1 Å². The minimum atomic E-state index is -0.903. The molecule has 1 heterocycles. The predicted octanol–water partition coefficient (Wildman–Crippen LogP) is 6.03. The van der Waals surface area contributed by atoms with Crippen molar-refractivity contribution >= 4 is 42.1 Å². The molecule has 1 aliphatic carbocycles. The Balaban J connectivity index is 0.0000110. The summed E-state index contributed by atoms with van der Waals surface area (Å²) in [6, 6.07) is 22.9. The SMILES string of the molecule is CC[C@H](C)[C@@H]([C@@H](CC(=O)N1CCC[C@H]1[C@H](OC)[C@@H](C)C(=O)N[C@@H](Cc1ccccc1)C(=O)NCCOCCOCCN(C(=O)OC)C1c2ccccc2-c2ccccc21)OC)N(C)C(=O)[C@@H](N)C(C)C.Cl. The van der Waals surface area contributed by atoms with Gasteiger partial charge in [0.05, 0.1) is 82.3 Å². The Hall–Kier alpha value is -5.10. The number of nitrogens with one attached hydrogen (secondary N) is 2. The van der Waals surface area contributed by atoms with Crippen molar-refractivity contribution in [2.24, 2.45) is 23.5 Å². The van der Waals surface area contributed by atoms with E-state index in [-0.39, 0.29) is 99.7 Å². The number of amides is 5. The molecule has 5 rings (SSSR count). The second-order valence-corrected chi connectivity index (χ2v) is 18.9. The molecule has 0 aromatic heterocycles. The summed E-state index contributed by atoms with van der Waals surface area (Å²) in [7, 11) is 6.21. The van der Waals surface area contributed by atoms with E-state index < -0.39 is 48.4 Å². The quantitative estimate of drug-likeness (QED) is 0.0757. The fourth-order valence-corrected chi connectivity index (χ4v) is 9.95. The van der Waals surface area contributed by atoms with Crippen LogP contribution in [0.1, 0.15) is 83.0 Å². The summed E-state index contributed by atoms with van der Waals surface area (Å²) >= 11 is 0. The number of rotatable bonds is 27. The van der Waals surface area contributed by atoms with Crippen LogP contribution < -0.4 is 16.4 Å².